The molecule has 6 nitrogen and oxygen atoms in total. The maximum absolute atomic E-state index is 11.7. The van der Waals surface area contributed by atoms with Crippen molar-refractivity contribution in [2.75, 3.05) is 0 Å². The lowest BCUT2D eigenvalue weighted by Gasteiger charge is -1.96. The molecule has 0 saturated carbocycles. The van der Waals surface area contributed by atoms with Crippen LogP contribution in [0.15, 0.2) is 23.3 Å². The highest BCUT2D eigenvalue weighted by molar-refractivity contribution is 5.77. The van der Waals surface area contributed by atoms with E-state index in [0.717, 1.165) is 0 Å². The van der Waals surface area contributed by atoms with Crippen LogP contribution >= 0.6 is 0 Å². The van der Waals surface area contributed by atoms with Gasteiger partial charge in [0.15, 0.2) is 0 Å². The molecule has 0 aliphatic rings. The van der Waals surface area contributed by atoms with E-state index in [0.29, 0.717) is 11.0 Å². The number of aliphatic carboxylic acids is 1. The molecule has 0 aromatic carbocycles. The standard InChI is InChI=1S/C9H9N3O3/c1-11-6-2-3-10-4-7(6)12(9(11)15)5-8(13)14/h2-4H,5H2,1H3,(H,13,14). The van der Waals surface area contributed by atoms with Crippen LogP contribution in [0.4, 0.5) is 0 Å². The van der Waals surface area contributed by atoms with Crippen LogP contribution in [0.1, 0.15) is 0 Å². The molecule has 0 spiro atoms. The van der Waals surface area contributed by atoms with E-state index in [-0.39, 0.29) is 12.2 Å². The largest absolute Gasteiger partial charge is 0.480 e. The van der Waals surface area contributed by atoms with Crippen molar-refractivity contribution in [2.45, 2.75) is 6.54 Å². The molecule has 2 aromatic heterocycles. The van der Waals surface area contributed by atoms with Crippen molar-refractivity contribution in [2.24, 2.45) is 7.05 Å². The monoisotopic (exact) mass is 207 g/mol. The summed E-state index contributed by atoms with van der Waals surface area (Å²) in [6.07, 6.45) is 3.05. The zero-order chi connectivity index (χ0) is 11.0. The van der Waals surface area contributed by atoms with Crippen molar-refractivity contribution < 1.29 is 9.90 Å². The molecule has 6 heteroatoms. The van der Waals surface area contributed by atoms with Crippen molar-refractivity contribution in [1.82, 2.24) is 14.1 Å². The van der Waals surface area contributed by atoms with Gasteiger partial charge in [-0.3, -0.25) is 18.9 Å². The van der Waals surface area contributed by atoms with E-state index in [1.165, 1.54) is 15.3 Å². The second-order valence-electron chi connectivity index (χ2n) is 3.19. The van der Waals surface area contributed by atoms with Gasteiger partial charge in [-0.1, -0.05) is 0 Å². The third-order valence-corrected chi connectivity index (χ3v) is 2.24. The first-order valence-electron chi connectivity index (χ1n) is 4.32. The van der Waals surface area contributed by atoms with Gasteiger partial charge in [-0.15, -0.1) is 0 Å². The van der Waals surface area contributed by atoms with Gasteiger partial charge in [0.25, 0.3) is 0 Å². The van der Waals surface area contributed by atoms with Gasteiger partial charge in [0.2, 0.25) is 0 Å². The minimum absolute atomic E-state index is 0.345. The van der Waals surface area contributed by atoms with E-state index < -0.39 is 5.97 Å². The second-order valence-corrected chi connectivity index (χ2v) is 3.19. The third-order valence-electron chi connectivity index (χ3n) is 2.24. The zero-order valence-electron chi connectivity index (χ0n) is 8.04. The van der Waals surface area contributed by atoms with Crippen molar-refractivity contribution in [1.29, 1.82) is 0 Å². The lowest BCUT2D eigenvalue weighted by Crippen LogP contribution is -2.25. The van der Waals surface area contributed by atoms with Crippen molar-refractivity contribution in [3.05, 3.63) is 28.9 Å². The molecule has 0 bridgehead atoms. The highest BCUT2D eigenvalue weighted by Gasteiger charge is 2.12. The molecule has 1 N–H and O–H groups in total. The topological polar surface area (TPSA) is 77.1 Å². The Balaban J connectivity index is 2.78. The maximum Gasteiger partial charge on any atom is 0.329 e. The number of rotatable bonds is 2. The normalized spacial score (nSPS) is 10.7. The highest BCUT2D eigenvalue weighted by Crippen LogP contribution is 2.09. The number of hydrogen-bond donors (Lipinski definition) is 1. The summed E-state index contributed by atoms with van der Waals surface area (Å²) in [5.74, 6) is -1.05. The molecule has 0 atom stereocenters. The lowest BCUT2D eigenvalue weighted by atomic mass is 10.4. The third kappa shape index (κ3) is 1.39. The van der Waals surface area contributed by atoms with Crippen LogP contribution in [0.3, 0.4) is 0 Å². The molecule has 0 aliphatic heterocycles. The molecule has 0 radical (unpaired) electrons. The van der Waals surface area contributed by atoms with E-state index in [4.69, 9.17) is 5.11 Å². The maximum atomic E-state index is 11.7. The molecule has 78 valence electrons. The molecule has 0 unspecified atom stereocenters. The summed E-state index contributed by atoms with van der Waals surface area (Å²) in [7, 11) is 1.60. The van der Waals surface area contributed by atoms with E-state index in [1.54, 1.807) is 19.3 Å². The van der Waals surface area contributed by atoms with Crippen molar-refractivity contribution in [3.63, 3.8) is 0 Å². The predicted molar refractivity (Wildman–Crippen MR) is 52.6 cm³/mol. The summed E-state index contributed by atoms with van der Waals surface area (Å²) >= 11 is 0. The van der Waals surface area contributed by atoms with Gasteiger partial charge in [0.05, 0.1) is 17.2 Å². The average Bonchev–Trinajstić information content (AvgIpc) is 2.44. The number of aryl methyl sites for hydroxylation is 1. The van der Waals surface area contributed by atoms with Gasteiger partial charge in [-0.2, -0.15) is 0 Å². The predicted octanol–water partition coefficient (Wildman–Crippen LogP) is -0.180. The summed E-state index contributed by atoms with van der Waals surface area (Å²) in [6, 6.07) is 1.68. The Labute approximate surface area is 84.4 Å². The Hall–Kier alpha value is -2.11. The fourth-order valence-corrected chi connectivity index (χ4v) is 1.55. The number of aromatic nitrogens is 3. The quantitative estimate of drug-likeness (QED) is 0.741. The summed E-state index contributed by atoms with van der Waals surface area (Å²) in [5.41, 5.74) is 0.865. The molecule has 0 saturated heterocycles. The molecule has 15 heavy (non-hydrogen) atoms. The van der Waals surface area contributed by atoms with Crippen LogP contribution in [-0.4, -0.2) is 25.2 Å². The SMILES string of the molecule is Cn1c(=O)n(CC(=O)O)c2cnccc21. The number of fused-ring (bicyclic) bond motifs is 1. The number of hydrogen-bond acceptors (Lipinski definition) is 3. The van der Waals surface area contributed by atoms with Gasteiger partial charge in [-0.25, -0.2) is 4.79 Å². The Morgan fingerprint density at radius 1 is 1.53 bits per heavy atom. The van der Waals surface area contributed by atoms with Gasteiger partial charge in [0, 0.05) is 13.2 Å². The van der Waals surface area contributed by atoms with Gasteiger partial charge in [-0.05, 0) is 6.07 Å². The first-order valence-corrected chi connectivity index (χ1v) is 4.32. The molecule has 2 heterocycles. The smallest absolute Gasteiger partial charge is 0.329 e. The molecular formula is C9H9N3O3. The molecular weight excluding hydrogens is 198 g/mol. The Bertz CT molecular complexity index is 582. The Morgan fingerprint density at radius 2 is 2.27 bits per heavy atom. The second kappa shape index (κ2) is 3.23. The Kier molecular flexibility index (Phi) is 2.03. The minimum Gasteiger partial charge on any atom is -0.480 e. The van der Waals surface area contributed by atoms with E-state index in [2.05, 4.69) is 4.98 Å². The van der Waals surface area contributed by atoms with E-state index in [1.807, 2.05) is 0 Å². The molecule has 0 amide bonds. The van der Waals surface area contributed by atoms with Crippen LogP contribution in [0.25, 0.3) is 11.0 Å². The average molecular weight is 207 g/mol. The van der Waals surface area contributed by atoms with Gasteiger partial charge < -0.3 is 5.11 Å². The molecule has 0 fully saturated rings. The van der Waals surface area contributed by atoms with Gasteiger partial charge in [0.1, 0.15) is 6.54 Å². The zero-order valence-corrected chi connectivity index (χ0v) is 8.04. The fourth-order valence-electron chi connectivity index (χ4n) is 1.55. The highest BCUT2D eigenvalue weighted by atomic mass is 16.4. The first-order chi connectivity index (χ1) is 7.11. The van der Waals surface area contributed by atoms with Crippen LogP contribution in [0.5, 0.6) is 0 Å². The number of pyridine rings is 1. The van der Waals surface area contributed by atoms with Crippen LogP contribution in [0.2, 0.25) is 0 Å². The molecule has 0 aliphatic carbocycles. The van der Waals surface area contributed by atoms with Crippen molar-refractivity contribution >= 4 is 17.0 Å². The first kappa shape index (κ1) is 9.45. The summed E-state index contributed by atoms with van der Waals surface area (Å²) in [6.45, 7) is -0.345. The van der Waals surface area contributed by atoms with E-state index >= 15 is 0 Å². The summed E-state index contributed by atoms with van der Waals surface area (Å²) in [5, 5.41) is 8.67. The number of carbonyl (C=O) groups is 1. The summed E-state index contributed by atoms with van der Waals surface area (Å²) in [4.78, 5) is 26.1. The van der Waals surface area contributed by atoms with Crippen molar-refractivity contribution in [3.8, 4) is 0 Å². The number of carboxylic acid groups (broad SMARTS) is 1. The molecule has 2 aromatic rings. The Morgan fingerprint density at radius 3 is 2.93 bits per heavy atom. The molecule has 2 rings (SSSR count). The van der Waals surface area contributed by atoms with Crippen LogP contribution in [0, 0.1) is 0 Å². The van der Waals surface area contributed by atoms with E-state index in [9.17, 15) is 9.59 Å². The fraction of sp³-hybridized carbons (Fsp3) is 0.222. The number of nitrogens with zero attached hydrogens (tertiary/aromatic N) is 3. The summed E-state index contributed by atoms with van der Waals surface area (Å²) < 4.78 is 2.59. The lowest BCUT2D eigenvalue weighted by molar-refractivity contribution is -0.137. The van der Waals surface area contributed by atoms with Crippen LogP contribution in [-0.2, 0) is 18.4 Å². The van der Waals surface area contributed by atoms with Gasteiger partial charge >= 0.3 is 11.7 Å². The minimum atomic E-state index is -1.05. The number of imidazole rings is 1. The number of carboxylic acids is 1. The van der Waals surface area contributed by atoms with Crippen LogP contribution < -0.4 is 5.69 Å².